The Morgan fingerprint density at radius 1 is 1.00 bits per heavy atom. The average Bonchev–Trinajstić information content (AvgIpc) is 2.59. The Morgan fingerprint density at radius 2 is 1.61 bits per heavy atom. The number of piperidine rings is 1. The minimum absolute atomic E-state index is 0.109. The van der Waals surface area contributed by atoms with Crippen LogP contribution in [0.5, 0.6) is 0 Å². The predicted octanol–water partition coefficient (Wildman–Crippen LogP) is 5.28. The van der Waals surface area contributed by atoms with Crippen molar-refractivity contribution in [1.29, 1.82) is 0 Å². The maximum atomic E-state index is 13.3. The molecule has 0 aliphatic carbocycles. The lowest BCUT2D eigenvalue weighted by Gasteiger charge is -2.39. The Bertz CT molecular complexity index is 700. The van der Waals surface area contributed by atoms with Gasteiger partial charge in [-0.25, -0.2) is 4.79 Å². The van der Waals surface area contributed by atoms with Crippen molar-refractivity contribution in [2.24, 2.45) is 0 Å². The van der Waals surface area contributed by atoms with Gasteiger partial charge in [0.2, 0.25) is 0 Å². The number of fused-ring (bicyclic) bond motifs is 2. The van der Waals surface area contributed by atoms with E-state index < -0.39 is 0 Å². The molecule has 2 aromatic carbocycles. The maximum absolute atomic E-state index is 13.3. The third kappa shape index (κ3) is 2.51. The Kier molecular flexibility index (Phi) is 3.77. The molecule has 1 fully saturated rings. The Balaban J connectivity index is 1.79. The van der Waals surface area contributed by atoms with Crippen LogP contribution in [0.2, 0.25) is 0 Å². The zero-order valence-corrected chi connectivity index (χ0v) is 14.1. The van der Waals surface area contributed by atoms with Crippen molar-refractivity contribution in [2.45, 2.75) is 42.0 Å². The van der Waals surface area contributed by atoms with E-state index in [9.17, 15) is 4.79 Å². The lowest BCUT2D eigenvalue weighted by atomic mass is 10.0. The van der Waals surface area contributed by atoms with Gasteiger partial charge >= 0.3 is 6.03 Å². The quantitative estimate of drug-likeness (QED) is 0.658. The molecule has 118 valence electrons. The van der Waals surface area contributed by atoms with E-state index in [1.54, 1.807) is 11.8 Å². The molecular weight excluding hydrogens is 304 g/mol. The molecule has 2 aliphatic rings. The average molecular weight is 324 g/mol. The fraction of sp³-hybridized carbons (Fsp3) is 0.316. The van der Waals surface area contributed by atoms with Gasteiger partial charge in [-0.1, -0.05) is 36.0 Å². The van der Waals surface area contributed by atoms with E-state index >= 15 is 0 Å². The van der Waals surface area contributed by atoms with E-state index in [1.165, 1.54) is 6.42 Å². The standard InChI is InChI=1S/C19H20N2OS/c1-14-8-6-7-13-20(14)19(22)21-15-9-2-4-11-17(15)23-18-12-5-3-10-16(18)21/h2-5,9-12,14H,6-8,13H2,1H3/t14-/m0/s1. The Morgan fingerprint density at radius 3 is 2.22 bits per heavy atom. The first-order valence-electron chi connectivity index (χ1n) is 8.22. The summed E-state index contributed by atoms with van der Waals surface area (Å²) < 4.78 is 0. The van der Waals surface area contributed by atoms with Crippen molar-refractivity contribution >= 4 is 29.2 Å². The van der Waals surface area contributed by atoms with Gasteiger partial charge in [0, 0.05) is 22.4 Å². The molecule has 0 bridgehead atoms. The summed E-state index contributed by atoms with van der Waals surface area (Å²) in [5.41, 5.74) is 2.00. The normalized spacial score (nSPS) is 20.0. The summed E-state index contributed by atoms with van der Waals surface area (Å²) in [4.78, 5) is 19.6. The molecular formula is C19H20N2OS. The van der Waals surface area contributed by atoms with Crippen molar-refractivity contribution in [2.75, 3.05) is 11.4 Å². The van der Waals surface area contributed by atoms with Gasteiger partial charge in [-0.15, -0.1) is 0 Å². The molecule has 23 heavy (non-hydrogen) atoms. The van der Waals surface area contributed by atoms with Crippen molar-refractivity contribution < 1.29 is 4.79 Å². The van der Waals surface area contributed by atoms with Crippen LogP contribution in [-0.2, 0) is 0 Å². The minimum Gasteiger partial charge on any atom is -0.321 e. The van der Waals surface area contributed by atoms with E-state index in [-0.39, 0.29) is 6.03 Å². The van der Waals surface area contributed by atoms with E-state index in [1.807, 2.05) is 46.2 Å². The highest BCUT2D eigenvalue weighted by atomic mass is 32.2. The van der Waals surface area contributed by atoms with E-state index in [0.29, 0.717) is 6.04 Å². The highest BCUT2D eigenvalue weighted by molar-refractivity contribution is 7.99. The zero-order valence-electron chi connectivity index (χ0n) is 13.2. The molecule has 3 nitrogen and oxygen atoms in total. The second kappa shape index (κ2) is 5.93. The number of rotatable bonds is 0. The zero-order chi connectivity index (χ0) is 15.8. The summed E-state index contributed by atoms with van der Waals surface area (Å²) in [6.45, 7) is 3.02. The van der Waals surface area contributed by atoms with Gasteiger partial charge in [-0.05, 0) is 50.5 Å². The second-order valence-electron chi connectivity index (χ2n) is 6.19. The van der Waals surface area contributed by atoms with Gasteiger partial charge in [0.25, 0.3) is 0 Å². The number of amides is 2. The number of carbonyl (C=O) groups is 1. The third-order valence-corrected chi connectivity index (χ3v) is 5.80. The number of hydrogen-bond donors (Lipinski definition) is 0. The number of anilines is 2. The molecule has 4 rings (SSSR count). The molecule has 2 amide bonds. The predicted molar refractivity (Wildman–Crippen MR) is 94.6 cm³/mol. The van der Waals surface area contributed by atoms with Crippen LogP contribution in [0.1, 0.15) is 26.2 Å². The third-order valence-electron chi connectivity index (χ3n) is 4.67. The molecule has 0 spiro atoms. The Hall–Kier alpha value is -1.94. The Labute approximate surface area is 141 Å². The van der Waals surface area contributed by atoms with E-state index in [0.717, 1.165) is 40.6 Å². The molecule has 4 heteroatoms. The number of hydrogen-bond acceptors (Lipinski definition) is 2. The maximum Gasteiger partial charge on any atom is 0.329 e. The molecule has 1 atom stereocenters. The van der Waals surface area contributed by atoms with Gasteiger partial charge in [-0.3, -0.25) is 4.90 Å². The first-order valence-corrected chi connectivity index (χ1v) is 9.04. The van der Waals surface area contributed by atoms with Crippen molar-refractivity contribution in [3.8, 4) is 0 Å². The van der Waals surface area contributed by atoms with Crippen molar-refractivity contribution in [3.63, 3.8) is 0 Å². The molecule has 2 heterocycles. The summed E-state index contributed by atoms with van der Waals surface area (Å²) in [6, 6.07) is 16.8. The van der Waals surface area contributed by atoms with Crippen LogP contribution in [0, 0.1) is 0 Å². The summed E-state index contributed by atoms with van der Waals surface area (Å²) in [6.07, 6.45) is 3.41. The lowest BCUT2D eigenvalue weighted by Crippen LogP contribution is -2.48. The number of urea groups is 1. The first kappa shape index (κ1) is 14.6. The van der Waals surface area contributed by atoms with Crippen LogP contribution in [0.25, 0.3) is 0 Å². The fourth-order valence-corrected chi connectivity index (χ4v) is 4.48. The summed E-state index contributed by atoms with van der Waals surface area (Å²) >= 11 is 1.74. The molecule has 2 aliphatic heterocycles. The van der Waals surface area contributed by atoms with Crippen molar-refractivity contribution in [3.05, 3.63) is 48.5 Å². The number of carbonyl (C=O) groups excluding carboxylic acids is 1. The number of benzene rings is 2. The largest absolute Gasteiger partial charge is 0.329 e. The summed E-state index contributed by atoms with van der Waals surface area (Å²) in [5.74, 6) is 0. The van der Waals surface area contributed by atoms with Gasteiger partial charge in [-0.2, -0.15) is 0 Å². The van der Waals surface area contributed by atoms with Gasteiger partial charge in [0.15, 0.2) is 0 Å². The van der Waals surface area contributed by atoms with Crippen LogP contribution in [0.15, 0.2) is 58.3 Å². The number of likely N-dealkylation sites (tertiary alicyclic amines) is 1. The van der Waals surface area contributed by atoms with Gasteiger partial charge in [0.05, 0.1) is 11.4 Å². The van der Waals surface area contributed by atoms with E-state index in [2.05, 4.69) is 19.1 Å². The highest BCUT2D eigenvalue weighted by Crippen LogP contribution is 2.48. The van der Waals surface area contributed by atoms with Crippen molar-refractivity contribution in [1.82, 2.24) is 4.90 Å². The highest BCUT2D eigenvalue weighted by Gasteiger charge is 2.33. The topological polar surface area (TPSA) is 23.6 Å². The lowest BCUT2D eigenvalue weighted by molar-refractivity contribution is 0.166. The van der Waals surface area contributed by atoms with Crippen LogP contribution in [0.3, 0.4) is 0 Å². The number of nitrogens with zero attached hydrogens (tertiary/aromatic N) is 2. The SMILES string of the molecule is C[C@H]1CCCCN1C(=O)N1c2ccccc2Sc2ccccc21. The van der Waals surface area contributed by atoms with Crippen LogP contribution >= 0.6 is 11.8 Å². The molecule has 0 saturated carbocycles. The molecule has 0 unspecified atom stereocenters. The van der Waals surface area contributed by atoms with E-state index in [4.69, 9.17) is 0 Å². The van der Waals surface area contributed by atoms with Gasteiger partial charge in [0.1, 0.15) is 0 Å². The van der Waals surface area contributed by atoms with Crippen LogP contribution in [-0.4, -0.2) is 23.5 Å². The first-order chi connectivity index (χ1) is 11.3. The fourth-order valence-electron chi connectivity index (χ4n) is 3.42. The molecule has 1 saturated heterocycles. The minimum atomic E-state index is 0.109. The van der Waals surface area contributed by atoms with Crippen LogP contribution in [0.4, 0.5) is 16.2 Å². The number of para-hydroxylation sites is 2. The van der Waals surface area contributed by atoms with Crippen LogP contribution < -0.4 is 4.90 Å². The smallest absolute Gasteiger partial charge is 0.321 e. The molecule has 0 radical (unpaired) electrons. The monoisotopic (exact) mass is 324 g/mol. The molecule has 0 aromatic heterocycles. The van der Waals surface area contributed by atoms with Gasteiger partial charge < -0.3 is 4.90 Å². The molecule has 0 N–H and O–H groups in total. The summed E-state index contributed by atoms with van der Waals surface area (Å²) in [5, 5.41) is 0. The second-order valence-corrected chi connectivity index (χ2v) is 7.28. The molecule has 2 aromatic rings. The summed E-state index contributed by atoms with van der Waals surface area (Å²) in [7, 11) is 0.